The average molecular weight is 727 g/mol. The van der Waals surface area contributed by atoms with E-state index < -0.39 is 23.1 Å². The number of nitrogens with zero attached hydrogens (tertiary/aromatic N) is 2. The minimum Gasteiger partial charge on any atom is -0.461 e. The second kappa shape index (κ2) is 21.6. The van der Waals surface area contributed by atoms with E-state index in [1.54, 1.807) is 67.5 Å². The van der Waals surface area contributed by atoms with Gasteiger partial charge in [-0.3, -0.25) is 19.4 Å². The lowest BCUT2D eigenvalue weighted by molar-refractivity contribution is -0.176. The van der Waals surface area contributed by atoms with Gasteiger partial charge >= 0.3 is 23.9 Å². The van der Waals surface area contributed by atoms with Crippen LogP contribution in [0.2, 0.25) is 0 Å². The van der Waals surface area contributed by atoms with E-state index in [2.05, 4.69) is 0 Å². The van der Waals surface area contributed by atoms with Crippen LogP contribution in [0.25, 0.3) is 0 Å². The molecule has 4 rings (SSSR count). The number of esters is 4. The van der Waals surface area contributed by atoms with Crippen LogP contribution >= 0.6 is 0 Å². The number of hydrogen-bond donors (Lipinski definition) is 2. The number of hydrogen-bond acceptors (Lipinski definition) is 12. The molecule has 12 nitrogen and oxygen atoms in total. The average Bonchev–Trinajstić information content (AvgIpc) is 3.90. The van der Waals surface area contributed by atoms with Crippen LogP contribution in [0.1, 0.15) is 76.3 Å². The summed E-state index contributed by atoms with van der Waals surface area (Å²) in [6.07, 6.45) is 7.14. The molecule has 2 aliphatic rings. The Balaban J connectivity index is 0.000000281. The molecule has 0 aromatic heterocycles. The van der Waals surface area contributed by atoms with Crippen LogP contribution in [-0.4, -0.2) is 111 Å². The van der Waals surface area contributed by atoms with Gasteiger partial charge in [-0.25, -0.2) is 9.59 Å². The molecule has 2 aromatic carbocycles. The maximum atomic E-state index is 12.7. The Kier molecular flexibility index (Phi) is 17.7. The van der Waals surface area contributed by atoms with Crippen molar-refractivity contribution in [3.63, 3.8) is 0 Å². The predicted octanol–water partition coefficient (Wildman–Crippen LogP) is 4.21. The van der Waals surface area contributed by atoms with Crippen molar-refractivity contribution in [2.75, 3.05) is 66.7 Å². The van der Waals surface area contributed by atoms with Crippen LogP contribution in [0.4, 0.5) is 0 Å². The summed E-state index contributed by atoms with van der Waals surface area (Å²) in [6.45, 7) is 5.72. The van der Waals surface area contributed by atoms with Crippen molar-refractivity contribution in [2.45, 2.75) is 76.4 Å². The molecule has 12 heteroatoms. The summed E-state index contributed by atoms with van der Waals surface area (Å²) in [5.74, 6) is -2.37. The molecular weight excluding hydrogens is 668 g/mol. The van der Waals surface area contributed by atoms with E-state index >= 15 is 0 Å². The van der Waals surface area contributed by atoms with E-state index in [-0.39, 0.29) is 63.3 Å². The van der Waals surface area contributed by atoms with Gasteiger partial charge in [0.2, 0.25) is 0 Å². The van der Waals surface area contributed by atoms with E-state index in [1.807, 2.05) is 30.9 Å². The van der Waals surface area contributed by atoms with Crippen LogP contribution in [0.15, 0.2) is 60.7 Å². The van der Waals surface area contributed by atoms with E-state index in [0.717, 1.165) is 64.5 Å². The van der Waals surface area contributed by atoms with Crippen molar-refractivity contribution in [1.29, 1.82) is 0 Å². The van der Waals surface area contributed by atoms with Gasteiger partial charge in [0.25, 0.3) is 0 Å². The number of aliphatic hydroxyl groups is 2. The molecule has 2 saturated carbocycles. The Hall–Kier alpha value is -3.84. The normalized spacial score (nSPS) is 17.1. The summed E-state index contributed by atoms with van der Waals surface area (Å²) in [7, 11) is 3.53. The number of rotatable bonds is 18. The molecule has 2 aromatic rings. The lowest BCUT2D eigenvalue weighted by Crippen LogP contribution is -2.44. The number of benzene rings is 2. The molecule has 2 aliphatic carbocycles. The molecule has 0 radical (unpaired) electrons. The fourth-order valence-electron chi connectivity index (χ4n) is 6.89. The molecule has 2 unspecified atom stereocenters. The zero-order valence-electron chi connectivity index (χ0n) is 31.3. The smallest absolute Gasteiger partial charge is 0.343 e. The Bertz CT molecular complexity index is 1380. The molecule has 0 amide bonds. The Morgan fingerprint density at radius 2 is 0.942 bits per heavy atom. The summed E-state index contributed by atoms with van der Waals surface area (Å²) in [5, 5.41) is 22.4. The standard InChI is InChI=1S/C21H31NO5.C19H27NO5/c1-3-22(4-2)16-19(23)26-14-15-27-20(24)21(25,18-12-8-9-13-18)17-10-6-5-7-11-17;1-20(2)14-17(21)24-12-13-25-18(22)19(23,16-10-6-7-11-16)15-8-4-3-5-9-15/h5-7,10-11,18,25H,3-4,8-9,12-16H2,1-2H3;3-5,8-9,16,23H,6-7,10-14H2,1-2H3. The van der Waals surface area contributed by atoms with E-state index in [9.17, 15) is 29.4 Å². The predicted molar refractivity (Wildman–Crippen MR) is 195 cm³/mol. The first-order valence-electron chi connectivity index (χ1n) is 18.5. The quantitative estimate of drug-likeness (QED) is 0.129. The summed E-state index contributed by atoms with van der Waals surface area (Å²) in [6, 6.07) is 17.9. The molecular formula is C40H58N2O10. The van der Waals surface area contributed by atoms with Gasteiger partial charge in [-0.15, -0.1) is 0 Å². The molecule has 288 valence electrons. The van der Waals surface area contributed by atoms with Crippen LogP contribution in [0, 0.1) is 11.8 Å². The molecule has 52 heavy (non-hydrogen) atoms. The maximum absolute atomic E-state index is 12.7. The fraction of sp³-hybridized carbons (Fsp3) is 0.600. The fourth-order valence-corrected chi connectivity index (χ4v) is 6.89. The molecule has 0 heterocycles. The molecule has 0 bridgehead atoms. The lowest BCUT2D eigenvalue weighted by Gasteiger charge is -2.32. The monoisotopic (exact) mass is 726 g/mol. The van der Waals surface area contributed by atoms with Crippen molar-refractivity contribution in [3.8, 4) is 0 Å². The summed E-state index contributed by atoms with van der Waals surface area (Å²) in [4.78, 5) is 52.3. The van der Waals surface area contributed by atoms with Gasteiger partial charge in [0.05, 0.1) is 13.1 Å². The van der Waals surface area contributed by atoms with Gasteiger partial charge in [0.15, 0.2) is 11.2 Å². The van der Waals surface area contributed by atoms with Gasteiger partial charge < -0.3 is 29.2 Å². The Morgan fingerprint density at radius 1 is 0.596 bits per heavy atom. The van der Waals surface area contributed by atoms with Gasteiger partial charge in [-0.05, 0) is 64.0 Å². The van der Waals surface area contributed by atoms with Gasteiger partial charge in [0.1, 0.15) is 26.4 Å². The highest BCUT2D eigenvalue weighted by Gasteiger charge is 2.49. The molecule has 2 atom stereocenters. The topological polar surface area (TPSA) is 152 Å². The first-order valence-corrected chi connectivity index (χ1v) is 18.5. The minimum absolute atomic E-state index is 0.0125. The lowest BCUT2D eigenvalue weighted by atomic mass is 9.80. The highest BCUT2D eigenvalue weighted by atomic mass is 16.6. The Morgan fingerprint density at radius 3 is 1.29 bits per heavy atom. The Labute approximate surface area is 308 Å². The van der Waals surface area contributed by atoms with Crippen molar-refractivity contribution >= 4 is 23.9 Å². The molecule has 0 saturated heterocycles. The van der Waals surface area contributed by atoms with Crippen LogP contribution in [-0.2, 0) is 49.3 Å². The van der Waals surface area contributed by atoms with Crippen LogP contribution < -0.4 is 0 Å². The molecule has 2 fully saturated rings. The summed E-state index contributed by atoms with van der Waals surface area (Å²) < 4.78 is 20.7. The van der Waals surface area contributed by atoms with Crippen LogP contribution in [0.3, 0.4) is 0 Å². The van der Waals surface area contributed by atoms with Crippen LogP contribution in [0.5, 0.6) is 0 Å². The van der Waals surface area contributed by atoms with E-state index in [1.165, 1.54) is 0 Å². The van der Waals surface area contributed by atoms with E-state index in [0.29, 0.717) is 11.1 Å². The number of likely N-dealkylation sites (N-methyl/N-ethyl adjacent to an activating group) is 2. The number of carbonyl (C=O) groups is 4. The molecule has 0 spiro atoms. The van der Waals surface area contributed by atoms with Gasteiger partial charge in [-0.1, -0.05) is 100 Å². The van der Waals surface area contributed by atoms with Gasteiger partial charge in [0, 0.05) is 11.8 Å². The second-order valence-electron chi connectivity index (χ2n) is 13.6. The third-order valence-corrected chi connectivity index (χ3v) is 9.79. The van der Waals surface area contributed by atoms with Crippen molar-refractivity contribution < 1.29 is 48.3 Å². The van der Waals surface area contributed by atoms with Crippen molar-refractivity contribution in [1.82, 2.24) is 9.80 Å². The van der Waals surface area contributed by atoms with Crippen molar-refractivity contribution in [2.24, 2.45) is 11.8 Å². The zero-order valence-corrected chi connectivity index (χ0v) is 31.3. The third kappa shape index (κ3) is 12.1. The van der Waals surface area contributed by atoms with Gasteiger partial charge in [-0.2, -0.15) is 0 Å². The first kappa shape index (κ1) is 42.6. The third-order valence-electron chi connectivity index (χ3n) is 9.79. The first-order chi connectivity index (χ1) is 25.0. The highest BCUT2D eigenvalue weighted by Crippen LogP contribution is 2.42. The largest absolute Gasteiger partial charge is 0.461 e. The van der Waals surface area contributed by atoms with E-state index in [4.69, 9.17) is 18.9 Å². The molecule has 2 N–H and O–H groups in total. The molecule has 0 aliphatic heterocycles. The summed E-state index contributed by atoms with van der Waals surface area (Å²) >= 11 is 0. The highest BCUT2D eigenvalue weighted by molar-refractivity contribution is 5.82. The SMILES string of the molecule is CCN(CC)CC(=O)OCCOC(=O)C(O)(c1ccccc1)C1CCCC1.CN(C)CC(=O)OCCOC(=O)C(O)(c1ccccc1)C1CCCC1. The summed E-state index contributed by atoms with van der Waals surface area (Å²) in [5.41, 5.74) is -2.19. The number of ether oxygens (including phenoxy) is 4. The second-order valence-corrected chi connectivity index (χ2v) is 13.6. The zero-order chi connectivity index (χ0) is 38.0. The minimum atomic E-state index is -1.65. The maximum Gasteiger partial charge on any atom is 0.343 e. The van der Waals surface area contributed by atoms with Crippen molar-refractivity contribution in [3.05, 3.63) is 71.8 Å². The number of carbonyl (C=O) groups excluding carboxylic acids is 4.